The lowest BCUT2D eigenvalue weighted by molar-refractivity contribution is 1.81. The Morgan fingerprint density at radius 1 is 0.184 bits per heavy atom. The van der Waals surface area contributed by atoms with Crippen LogP contribution in [0.3, 0.4) is 0 Å². The van der Waals surface area contributed by atoms with Crippen LogP contribution in [0.4, 0.5) is 0 Å². The average Bonchev–Trinajstić information content (AvgIpc) is 2.63. The van der Waals surface area contributed by atoms with Crippen molar-refractivity contribution in [2.45, 2.75) is 118 Å². The van der Waals surface area contributed by atoms with Crippen LogP contribution in [-0.4, -0.2) is 63.6 Å². The Labute approximate surface area is 246 Å². The molecule has 0 aliphatic carbocycles. The highest BCUT2D eigenvalue weighted by Crippen LogP contribution is 2.21. The zero-order valence-electron chi connectivity index (χ0n) is 28.0. The summed E-state index contributed by atoms with van der Waals surface area (Å²) >= 11 is 0. The highest BCUT2D eigenvalue weighted by molar-refractivity contribution is 7.60. The molecule has 0 fully saturated rings. The fraction of sp³-hybridized carbons (Fsp3) is 0.600. The van der Waals surface area contributed by atoms with E-state index in [1.807, 2.05) is 0 Å². The minimum atomic E-state index is -3.00. The van der Waals surface area contributed by atoms with Crippen molar-refractivity contribution in [1.29, 1.82) is 0 Å². The zero-order valence-corrected chi connectivity index (χ0v) is 36.0. The largest absolute Gasteiger partial charge is 0.315 e. The van der Waals surface area contributed by atoms with Gasteiger partial charge in [-0.2, -0.15) is 0 Å². The number of hydrogen-bond acceptors (Lipinski definition) is 0. The van der Waals surface area contributed by atoms with Crippen molar-refractivity contribution < 1.29 is 0 Å². The van der Waals surface area contributed by atoms with Gasteiger partial charge < -0.3 is 0 Å². The molecule has 8 heteroatoms. The van der Waals surface area contributed by atoms with Crippen LogP contribution in [0.2, 0.25) is 118 Å². The summed E-state index contributed by atoms with van der Waals surface area (Å²) in [6.45, 7) is 41.7. The van der Waals surface area contributed by atoms with Crippen molar-refractivity contribution in [2.24, 2.45) is 0 Å². The maximum atomic E-state index is 3.92. The monoisotopic (exact) mass is 638 g/mol. The van der Waals surface area contributed by atoms with E-state index in [1.165, 1.54) is 0 Å². The first-order chi connectivity index (χ1) is 16.5. The van der Waals surface area contributed by atoms with Crippen molar-refractivity contribution in [1.82, 2.24) is 0 Å². The standard InChI is InChI=1S/C30H54Si8/c1-31(2,3)19-25-37(26-20-32(4,5)6,27-21-33(7,8)9)38(28-22-34(10,11)12,29-23-35(13,14)15)30-24-36(16,17)18/h1-18H3. The van der Waals surface area contributed by atoms with Gasteiger partial charge in [-0.3, -0.25) is 0 Å². The highest BCUT2D eigenvalue weighted by atomic mass is 29.3. The third-order valence-electron chi connectivity index (χ3n) is 4.31. The first-order valence-corrected chi connectivity index (χ1v) is 39.8. The van der Waals surface area contributed by atoms with Crippen molar-refractivity contribution in [3.8, 4) is 66.5 Å². The van der Waals surface area contributed by atoms with Crippen molar-refractivity contribution in [3.63, 3.8) is 0 Å². The van der Waals surface area contributed by atoms with Crippen molar-refractivity contribution >= 4 is 63.6 Å². The maximum Gasteiger partial charge on any atom is 0.315 e. The van der Waals surface area contributed by atoms with Gasteiger partial charge in [-0.15, -0.1) is 66.5 Å². The van der Waals surface area contributed by atoms with E-state index in [4.69, 9.17) is 0 Å². The zero-order chi connectivity index (χ0) is 30.5. The Morgan fingerprint density at radius 2 is 0.289 bits per heavy atom. The quantitative estimate of drug-likeness (QED) is 0.206. The normalized spacial score (nSPS) is 12.8. The Balaban J connectivity index is 8.75. The number of rotatable bonds is 1. The Kier molecular flexibility index (Phi) is 12.4. The van der Waals surface area contributed by atoms with Gasteiger partial charge in [0, 0.05) is 0 Å². The molecule has 0 aromatic heterocycles. The lowest BCUT2D eigenvalue weighted by Crippen LogP contribution is -2.61. The van der Waals surface area contributed by atoms with Gasteiger partial charge in [0.1, 0.15) is 48.4 Å². The van der Waals surface area contributed by atoms with Gasteiger partial charge in [0.25, 0.3) is 0 Å². The molecule has 0 heterocycles. The van der Waals surface area contributed by atoms with Gasteiger partial charge >= 0.3 is 15.2 Å². The van der Waals surface area contributed by atoms with Gasteiger partial charge in [-0.05, 0) is 0 Å². The average molecular weight is 639 g/mol. The van der Waals surface area contributed by atoms with Gasteiger partial charge in [0.15, 0.2) is 0 Å². The van der Waals surface area contributed by atoms with Gasteiger partial charge in [-0.25, -0.2) is 0 Å². The molecule has 0 atom stereocenters. The van der Waals surface area contributed by atoms with Gasteiger partial charge in [0.2, 0.25) is 0 Å². The molecule has 0 amide bonds. The van der Waals surface area contributed by atoms with Crippen LogP contribution in [0.25, 0.3) is 0 Å². The molecular formula is C30H54Si8. The van der Waals surface area contributed by atoms with Crippen LogP contribution in [0.15, 0.2) is 0 Å². The van der Waals surface area contributed by atoms with Crippen LogP contribution >= 0.6 is 0 Å². The Bertz CT molecular complexity index is 983. The number of hydrogen-bond donors (Lipinski definition) is 0. The molecule has 0 rings (SSSR count). The second kappa shape index (κ2) is 12.7. The third kappa shape index (κ3) is 16.3. The fourth-order valence-electron chi connectivity index (χ4n) is 2.44. The molecule has 0 radical (unpaired) electrons. The molecule has 0 saturated heterocycles. The summed E-state index contributed by atoms with van der Waals surface area (Å²) in [5, 5.41) is 0. The van der Waals surface area contributed by atoms with Crippen LogP contribution in [-0.2, 0) is 0 Å². The second-order valence-corrected chi connectivity index (χ2v) is 54.0. The lowest BCUT2D eigenvalue weighted by Gasteiger charge is -2.27. The minimum absolute atomic E-state index is 1.71. The smallest absolute Gasteiger partial charge is 0.137 e. The topological polar surface area (TPSA) is 0 Å². The summed E-state index contributed by atoms with van der Waals surface area (Å²) < 4.78 is 0. The maximum absolute atomic E-state index is 3.92. The van der Waals surface area contributed by atoms with Crippen LogP contribution < -0.4 is 0 Å². The van der Waals surface area contributed by atoms with Crippen molar-refractivity contribution in [2.75, 3.05) is 0 Å². The fourth-order valence-corrected chi connectivity index (χ4v) is 24.2. The van der Waals surface area contributed by atoms with E-state index >= 15 is 0 Å². The second-order valence-electron chi connectivity index (χ2n) is 16.5. The molecule has 0 aromatic rings. The SMILES string of the molecule is C[Si](C)(C)C#C[Si](C#C[Si](C)(C)C)(C#C[Si](C)(C)C)[Si](C#C[Si](C)(C)C)(C#C[Si](C)(C)C)C#C[Si](C)(C)C. The van der Waals surface area contributed by atoms with Crippen LogP contribution in [0.1, 0.15) is 0 Å². The summed E-state index contributed by atoms with van der Waals surface area (Å²) in [4.78, 5) is 0. The van der Waals surface area contributed by atoms with E-state index in [0.29, 0.717) is 0 Å². The van der Waals surface area contributed by atoms with Gasteiger partial charge in [0.05, 0.1) is 0 Å². The first kappa shape index (κ1) is 37.1. The lowest BCUT2D eigenvalue weighted by atomic mass is 11.3. The minimum Gasteiger partial charge on any atom is -0.137 e. The molecule has 0 aliphatic heterocycles. The molecule has 0 spiro atoms. The molecule has 38 heavy (non-hydrogen) atoms. The summed E-state index contributed by atoms with van der Waals surface area (Å²) in [6.07, 6.45) is 0. The molecule has 0 aromatic carbocycles. The van der Waals surface area contributed by atoms with E-state index in [-0.39, 0.29) is 0 Å². The first-order valence-electron chi connectivity index (χ1n) is 13.8. The van der Waals surface area contributed by atoms with Crippen molar-refractivity contribution in [3.05, 3.63) is 0 Å². The molecule has 0 saturated carbocycles. The summed E-state index contributed by atoms with van der Waals surface area (Å²) in [6, 6.07) is 0. The van der Waals surface area contributed by atoms with E-state index in [1.54, 1.807) is 0 Å². The molecule has 0 unspecified atom stereocenters. The molecule has 0 N–H and O–H groups in total. The molecule has 0 bridgehead atoms. The van der Waals surface area contributed by atoms with Crippen LogP contribution in [0.5, 0.6) is 0 Å². The Morgan fingerprint density at radius 3 is 0.368 bits per heavy atom. The van der Waals surface area contributed by atoms with E-state index in [2.05, 4.69) is 184 Å². The predicted molar refractivity (Wildman–Crippen MR) is 198 cm³/mol. The van der Waals surface area contributed by atoms with Crippen LogP contribution in [0, 0.1) is 66.5 Å². The van der Waals surface area contributed by atoms with Gasteiger partial charge in [-0.1, -0.05) is 118 Å². The molecule has 0 nitrogen and oxygen atoms in total. The molecule has 206 valence electrons. The highest BCUT2D eigenvalue weighted by Gasteiger charge is 2.54. The molecular weight excluding hydrogens is 585 g/mol. The summed E-state index contributed by atoms with van der Waals surface area (Å²) in [7, 11) is -16.3. The Hall–Kier alpha value is -0.905. The van der Waals surface area contributed by atoms with E-state index < -0.39 is 63.6 Å². The molecule has 0 aliphatic rings. The third-order valence-corrected chi connectivity index (χ3v) is 20.8. The summed E-state index contributed by atoms with van der Waals surface area (Å²) in [5.74, 6) is 0. The van der Waals surface area contributed by atoms with E-state index in [0.717, 1.165) is 0 Å². The summed E-state index contributed by atoms with van der Waals surface area (Å²) in [5.41, 5.74) is 46.1. The van der Waals surface area contributed by atoms with E-state index in [9.17, 15) is 0 Å². The predicted octanol–water partition coefficient (Wildman–Crippen LogP) is 7.48.